The molecule has 104 valence electrons. The Kier molecular flexibility index (Phi) is 4.58. The number of nitrogen functional groups attached to an aromatic ring is 1. The van der Waals surface area contributed by atoms with E-state index in [9.17, 15) is 4.79 Å². The van der Waals surface area contributed by atoms with Crippen molar-refractivity contribution in [2.75, 3.05) is 18.8 Å². The van der Waals surface area contributed by atoms with Crippen molar-refractivity contribution in [1.29, 1.82) is 0 Å². The fourth-order valence-corrected chi connectivity index (χ4v) is 2.82. The minimum absolute atomic E-state index is 0.0756. The summed E-state index contributed by atoms with van der Waals surface area (Å²) in [5.74, 6) is 0.589. The Bertz CT molecular complexity index is 491. The Morgan fingerprint density at radius 1 is 1.32 bits per heavy atom. The number of benzene rings is 1. The fraction of sp³-hybridized carbons (Fsp3) is 0.500. The number of nitrogens with two attached hydrogens (primary N) is 1. The monoisotopic (exact) mass is 300 g/mol. The van der Waals surface area contributed by atoms with Gasteiger partial charge in [-0.25, -0.2) is 0 Å². The quantitative estimate of drug-likeness (QED) is 0.801. The van der Waals surface area contributed by atoms with E-state index in [4.69, 9.17) is 28.9 Å². The maximum atomic E-state index is 12.5. The molecule has 0 saturated carbocycles. The molecular formula is C14H18Cl2N2O. The Balaban J connectivity index is 2.24. The summed E-state index contributed by atoms with van der Waals surface area (Å²) in [7, 11) is 0. The van der Waals surface area contributed by atoms with Gasteiger partial charge in [0.25, 0.3) is 5.91 Å². The van der Waals surface area contributed by atoms with Crippen molar-refractivity contribution in [2.24, 2.45) is 5.92 Å². The molecule has 19 heavy (non-hydrogen) atoms. The third-order valence-corrected chi connectivity index (χ3v) is 4.39. The summed E-state index contributed by atoms with van der Waals surface area (Å²) in [6.07, 6.45) is 3.22. The second-order valence-electron chi connectivity index (χ2n) is 5.19. The van der Waals surface area contributed by atoms with E-state index in [0.717, 1.165) is 32.4 Å². The molecule has 0 radical (unpaired) electrons. The lowest BCUT2D eigenvalue weighted by Gasteiger charge is -2.21. The number of likely N-dealkylation sites (tertiary alicyclic amines) is 1. The van der Waals surface area contributed by atoms with E-state index in [1.165, 1.54) is 0 Å². The van der Waals surface area contributed by atoms with Gasteiger partial charge in [0.1, 0.15) is 0 Å². The lowest BCUT2D eigenvalue weighted by atomic mass is 10.0. The highest BCUT2D eigenvalue weighted by molar-refractivity contribution is 6.44. The topological polar surface area (TPSA) is 46.3 Å². The van der Waals surface area contributed by atoms with Crippen LogP contribution >= 0.6 is 23.2 Å². The number of carbonyl (C=O) groups is 1. The third kappa shape index (κ3) is 3.34. The second kappa shape index (κ2) is 6.02. The van der Waals surface area contributed by atoms with Crippen LogP contribution in [0.15, 0.2) is 12.1 Å². The first kappa shape index (κ1) is 14.5. The van der Waals surface area contributed by atoms with Crippen LogP contribution in [0.25, 0.3) is 0 Å². The molecule has 1 aromatic rings. The number of amides is 1. The van der Waals surface area contributed by atoms with Crippen LogP contribution in [-0.4, -0.2) is 23.9 Å². The number of rotatable bonds is 1. The molecule has 1 unspecified atom stereocenters. The van der Waals surface area contributed by atoms with Crippen LogP contribution in [0, 0.1) is 5.92 Å². The first-order valence-electron chi connectivity index (χ1n) is 6.53. The highest BCUT2D eigenvalue weighted by atomic mass is 35.5. The third-order valence-electron chi connectivity index (χ3n) is 3.58. The Morgan fingerprint density at radius 2 is 2.05 bits per heavy atom. The molecule has 5 heteroatoms. The van der Waals surface area contributed by atoms with E-state index in [1.54, 1.807) is 12.1 Å². The van der Waals surface area contributed by atoms with Crippen LogP contribution < -0.4 is 5.73 Å². The lowest BCUT2D eigenvalue weighted by molar-refractivity contribution is 0.0760. The van der Waals surface area contributed by atoms with E-state index < -0.39 is 0 Å². The van der Waals surface area contributed by atoms with Crippen molar-refractivity contribution in [3.63, 3.8) is 0 Å². The zero-order valence-corrected chi connectivity index (χ0v) is 12.5. The smallest absolute Gasteiger partial charge is 0.255 e. The first-order chi connectivity index (χ1) is 8.99. The fourth-order valence-electron chi connectivity index (χ4n) is 2.40. The summed E-state index contributed by atoms with van der Waals surface area (Å²) in [5.41, 5.74) is 6.60. The summed E-state index contributed by atoms with van der Waals surface area (Å²) >= 11 is 12.1. The van der Waals surface area contributed by atoms with Crippen molar-refractivity contribution in [3.8, 4) is 0 Å². The number of anilines is 1. The minimum Gasteiger partial charge on any atom is -0.399 e. The highest BCUT2D eigenvalue weighted by Crippen LogP contribution is 2.30. The van der Waals surface area contributed by atoms with Crippen molar-refractivity contribution in [2.45, 2.75) is 26.2 Å². The van der Waals surface area contributed by atoms with E-state index in [1.807, 2.05) is 4.90 Å². The van der Waals surface area contributed by atoms with Crippen LogP contribution in [0.4, 0.5) is 5.69 Å². The molecule has 0 spiro atoms. The van der Waals surface area contributed by atoms with Gasteiger partial charge in [-0.15, -0.1) is 0 Å². The number of nitrogens with zero attached hydrogens (tertiary/aromatic N) is 1. The maximum Gasteiger partial charge on any atom is 0.255 e. The first-order valence-corrected chi connectivity index (χ1v) is 7.28. The van der Waals surface area contributed by atoms with Crippen molar-refractivity contribution in [3.05, 3.63) is 27.7 Å². The summed E-state index contributed by atoms with van der Waals surface area (Å²) in [4.78, 5) is 14.4. The summed E-state index contributed by atoms with van der Waals surface area (Å²) < 4.78 is 0. The lowest BCUT2D eigenvalue weighted by Crippen LogP contribution is -2.32. The molecule has 1 atom stereocenters. The summed E-state index contributed by atoms with van der Waals surface area (Å²) in [6, 6.07) is 3.16. The maximum absolute atomic E-state index is 12.5. The van der Waals surface area contributed by atoms with Crippen molar-refractivity contribution < 1.29 is 4.79 Å². The predicted molar refractivity (Wildman–Crippen MR) is 79.8 cm³/mol. The molecule has 3 nitrogen and oxygen atoms in total. The summed E-state index contributed by atoms with van der Waals surface area (Å²) in [6.45, 7) is 3.76. The Hall–Kier alpha value is -0.930. The zero-order chi connectivity index (χ0) is 14.0. The van der Waals surface area contributed by atoms with Crippen LogP contribution in [0.2, 0.25) is 10.0 Å². The molecule has 1 aromatic carbocycles. The zero-order valence-electron chi connectivity index (χ0n) is 11.0. The van der Waals surface area contributed by atoms with Crippen LogP contribution in [0.3, 0.4) is 0 Å². The van der Waals surface area contributed by atoms with Gasteiger partial charge in [0, 0.05) is 18.8 Å². The SMILES string of the molecule is CC1CCCN(C(=O)c2cc(N)cc(Cl)c2Cl)CC1. The summed E-state index contributed by atoms with van der Waals surface area (Å²) in [5, 5.41) is 0.617. The van der Waals surface area contributed by atoms with Crippen LogP contribution in [0.5, 0.6) is 0 Å². The standard InChI is InChI=1S/C14H18Cl2N2O/c1-9-3-2-5-18(6-4-9)14(19)11-7-10(17)8-12(15)13(11)16/h7-9H,2-6,17H2,1H3. The number of carbonyl (C=O) groups excluding carboxylic acids is 1. The van der Waals surface area contributed by atoms with Gasteiger partial charge < -0.3 is 10.6 Å². The van der Waals surface area contributed by atoms with Crippen molar-refractivity contribution in [1.82, 2.24) is 4.90 Å². The molecule has 2 rings (SSSR count). The number of hydrogen-bond acceptors (Lipinski definition) is 2. The van der Waals surface area contributed by atoms with Gasteiger partial charge in [-0.1, -0.05) is 30.1 Å². The molecule has 1 amide bonds. The van der Waals surface area contributed by atoms with Gasteiger partial charge in [0.05, 0.1) is 15.6 Å². The average Bonchev–Trinajstić information content (AvgIpc) is 2.58. The van der Waals surface area contributed by atoms with E-state index in [-0.39, 0.29) is 10.9 Å². The highest BCUT2D eigenvalue weighted by Gasteiger charge is 2.22. The Morgan fingerprint density at radius 3 is 2.79 bits per heavy atom. The molecule has 0 aromatic heterocycles. The van der Waals surface area contributed by atoms with Crippen molar-refractivity contribution >= 4 is 34.8 Å². The molecule has 2 N–H and O–H groups in total. The van der Waals surface area contributed by atoms with Crippen LogP contribution in [0.1, 0.15) is 36.5 Å². The van der Waals surface area contributed by atoms with E-state index in [2.05, 4.69) is 6.92 Å². The van der Waals surface area contributed by atoms with Gasteiger partial charge in [-0.3, -0.25) is 4.79 Å². The molecule has 1 heterocycles. The normalized spacial score (nSPS) is 20.2. The molecule has 1 fully saturated rings. The molecule has 1 saturated heterocycles. The number of hydrogen-bond donors (Lipinski definition) is 1. The minimum atomic E-state index is -0.0756. The van der Waals surface area contributed by atoms with Gasteiger partial charge in [-0.05, 0) is 37.3 Å². The molecule has 0 bridgehead atoms. The van der Waals surface area contributed by atoms with Crippen LogP contribution in [-0.2, 0) is 0 Å². The second-order valence-corrected chi connectivity index (χ2v) is 5.98. The molecule has 1 aliphatic heterocycles. The van der Waals surface area contributed by atoms with Gasteiger partial charge in [-0.2, -0.15) is 0 Å². The predicted octanol–water partition coefficient (Wildman–Crippen LogP) is 3.84. The van der Waals surface area contributed by atoms with Gasteiger partial charge >= 0.3 is 0 Å². The van der Waals surface area contributed by atoms with Gasteiger partial charge in [0.15, 0.2) is 0 Å². The number of halogens is 2. The average molecular weight is 301 g/mol. The molecular weight excluding hydrogens is 283 g/mol. The molecule has 0 aliphatic carbocycles. The van der Waals surface area contributed by atoms with E-state index in [0.29, 0.717) is 22.2 Å². The van der Waals surface area contributed by atoms with Gasteiger partial charge in [0.2, 0.25) is 0 Å². The molecule has 1 aliphatic rings. The van der Waals surface area contributed by atoms with E-state index >= 15 is 0 Å². The largest absolute Gasteiger partial charge is 0.399 e. The Labute approximate surface area is 123 Å².